The fourth-order valence-electron chi connectivity index (χ4n) is 5.20. The van der Waals surface area contributed by atoms with Gasteiger partial charge in [0.25, 0.3) is 11.8 Å². The van der Waals surface area contributed by atoms with Gasteiger partial charge in [-0.2, -0.15) is 10.4 Å². The van der Waals surface area contributed by atoms with Gasteiger partial charge in [0.2, 0.25) is 6.79 Å². The van der Waals surface area contributed by atoms with Gasteiger partial charge >= 0.3 is 0 Å². The highest BCUT2D eigenvalue weighted by Crippen LogP contribution is 2.35. The molecule has 4 aromatic rings. The Balaban J connectivity index is 1.39. The molecule has 1 aromatic heterocycles. The molecule has 9 heteroatoms. The third kappa shape index (κ3) is 6.08. The van der Waals surface area contributed by atoms with Gasteiger partial charge in [-0.3, -0.25) is 14.5 Å². The van der Waals surface area contributed by atoms with E-state index in [4.69, 9.17) is 19.3 Å². The molecular formula is C36H32N4O5. The minimum Gasteiger partial charge on any atom is -0.494 e. The van der Waals surface area contributed by atoms with E-state index in [0.29, 0.717) is 46.4 Å². The van der Waals surface area contributed by atoms with E-state index in [-0.39, 0.29) is 24.5 Å². The number of rotatable bonds is 9. The molecular weight excluding hydrogens is 568 g/mol. The van der Waals surface area contributed by atoms with Gasteiger partial charge < -0.3 is 14.2 Å². The van der Waals surface area contributed by atoms with Crippen molar-refractivity contribution in [3.05, 3.63) is 107 Å². The molecule has 0 atom stereocenters. The monoisotopic (exact) mass is 600 g/mol. The van der Waals surface area contributed by atoms with E-state index in [2.05, 4.69) is 13.8 Å². The second-order valence-electron chi connectivity index (χ2n) is 11.3. The summed E-state index contributed by atoms with van der Waals surface area (Å²) in [6, 6.07) is 24.6. The number of hydrogen-bond donors (Lipinski definition) is 0. The number of aromatic nitrogens is 2. The number of carbonyl (C=O) groups is 2. The summed E-state index contributed by atoms with van der Waals surface area (Å²) in [6.07, 6.45) is 4.51. The van der Waals surface area contributed by atoms with Crippen LogP contribution in [0.4, 0.5) is 0 Å². The number of fused-ring (bicyclic) bond motifs is 1. The summed E-state index contributed by atoms with van der Waals surface area (Å²) in [5.74, 6) is 1.32. The highest BCUT2D eigenvalue weighted by Gasteiger charge is 2.36. The molecule has 3 heterocycles. The molecule has 2 amide bonds. The zero-order valence-electron chi connectivity index (χ0n) is 25.3. The minimum absolute atomic E-state index is 0.0293. The first-order chi connectivity index (χ1) is 21.8. The lowest BCUT2D eigenvalue weighted by Gasteiger charge is -2.27. The topological polar surface area (TPSA) is 107 Å². The number of hydrogen-bond acceptors (Lipinski definition) is 7. The molecule has 2 aliphatic rings. The van der Waals surface area contributed by atoms with Crippen LogP contribution in [0.15, 0.2) is 95.7 Å². The van der Waals surface area contributed by atoms with Crippen molar-refractivity contribution in [2.75, 3.05) is 13.4 Å². The van der Waals surface area contributed by atoms with Crippen LogP contribution < -0.4 is 14.2 Å². The van der Waals surface area contributed by atoms with Gasteiger partial charge in [-0.25, -0.2) is 4.68 Å². The van der Waals surface area contributed by atoms with E-state index in [1.807, 2.05) is 66.9 Å². The molecule has 2 aliphatic heterocycles. The predicted octanol–water partition coefficient (Wildman–Crippen LogP) is 6.49. The van der Waals surface area contributed by atoms with Crippen molar-refractivity contribution in [3.8, 4) is 40.3 Å². The van der Waals surface area contributed by atoms with Crippen LogP contribution in [0.2, 0.25) is 0 Å². The van der Waals surface area contributed by atoms with Crippen molar-refractivity contribution in [1.29, 1.82) is 5.26 Å². The number of benzene rings is 3. The molecule has 0 aliphatic carbocycles. The molecule has 0 N–H and O–H groups in total. The van der Waals surface area contributed by atoms with Gasteiger partial charge in [0.15, 0.2) is 11.5 Å². The second kappa shape index (κ2) is 12.5. The average molecular weight is 601 g/mol. The van der Waals surface area contributed by atoms with Crippen LogP contribution in [-0.2, 0) is 16.1 Å². The standard InChI is InChI=1S/C36H32N4O5/c1-23(2)15-16-43-29-12-10-26(11-13-29)34-27(21-40(38-34)28-7-5-4-6-8-28)18-30-24(3)31(19-37)36(42)39(35(30)41)20-25-9-14-32-33(17-25)45-22-44-32/h4-14,17-18,21,23H,15-16,20,22H2,1-3H3/b30-18+. The summed E-state index contributed by atoms with van der Waals surface area (Å²) < 4.78 is 18.5. The Kier molecular flexibility index (Phi) is 8.21. The van der Waals surface area contributed by atoms with E-state index in [0.717, 1.165) is 28.3 Å². The molecule has 0 bridgehead atoms. The number of ether oxygens (including phenoxy) is 3. The lowest BCUT2D eigenvalue weighted by molar-refractivity contribution is -0.141. The Morgan fingerprint density at radius 1 is 1.00 bits per heavy atom. The number of imide groups is 1. The van der Waals surface area contributed by atoms with Gasteiger partial charge in [-0.15, -0.1) is 0 Å². The van der Waals surface area contributed by atoms with Crippen LogP contribution in [0.25, 0.3) is 23.0 Å². The first-order valence-electron chi connectivity index (χ1n) is 14.8. The maximum atomic E-state index is 14.0. The van der Waals surface area contributed by atoms with Crippen LogP contribution >= 0.6 is 0 Å². The summed E-state index contributed by atoms with van der Waals surface area (Å²) in [5.41, 5.74) is 4.12. The van der Waals surface area contributed by atoms with Crippen molar-refractivity contribution in [1.82, 2.24) is 14.7 Å². The van der Waals surface area contributed by atoms with Crippen LogP contribution in [-0.4, -0.2) is 39.9 Å². The van der Waals surface area contributed by atoms with Gasteiger partial charge in [0.1, 0.15) is 17.4 Å². The average Bonchev–Trinajstić information content (AvgIpc) is 3.69. The summed E-state index contributed by atoms with van der Waals surface area (Å²) in [6.45, 7) is 6.66. The molecule has 0 saturated carbocycles. The Morgan fingerprint density at radius 3 is 2.49 bits per heavy atom. The quantitative estimate of drug-likeness (QED) is 0.160. The first kappa shape index (κ1) is 29.5. The van der Waals surface area contributed by atoms with Crippen molar-refractivity contribution >= 4 is 17.9 Å². The van der Waals surface area contributed by atoms with Crippen molar-refractivity contribution in [2.24, 2.45) is 5.92 Å². The number of nitrogens with zero attached hydrogens (tertiary/aromatic N) is 4. The maximum absolute atomic E-state index is 14.0. The molecule has 0 radical (unpaired) electrons. The number of carbonyl (C=O) groups excluding carboxylic acids is 2. The predicted molar refractivity (Wildman–Crippen MR) is 168 cm³/mol. The molecule has 0 spiro atoms. The summed E-state index contributed by atoms with van der Waals surface area (Å²) in [4.78, 5) is 28.4. The van der Waals surface area contributed by atoms with E-state index in [1.165, 1.54) is 0 Å². The lowest BCUT2D eigenvalue weighted by Crippen LogP contribution is -2.42. The van der Waals surface area contributed by atoms with Gasteiger partial charge in [0.05, 0.1) is 24.5 Å². The third-order valence-electron chi connectivity index (χ3n) is 7.76. The summed E-state index contributed by atoms with van der Waals surface area (Å²) >= 11 is 0. The highest BCUT2D eigenvalue weighted by molar-refractivity contribution is 6.19. The zero-order chi connectivity index (χ0) is 31.5. The van der Waals surface area contributed by atoms with E-state index in [1.54, 1.807) is 35.9 Å². The zero-order valence-corrected chi connectivity index (χ0v) is 25.3. The van der Waals surface area contributed by atoms with Crippen LogP contribution in [0.5, 0.6) is 17.2 Å². The summed E-state index contributed by atoms with van der Waals surface area (Å²) in [5, 5.41) is 14.8. The fraction of sp³-hybridized carbons (Fsp3) is 0.222. The van der Waals surface area contributed by atoms with Crippen molar-refractivity contribution in [2.45, 2.75) is 33.7 Å². The number of para-hydroxylation sites is 1. The molecule has 3 aromatic carbocycles. The fourth-order valence-corrected chi connectivity index (χ4v) is 5.20. The van der Waals surface area contributed by atoms with E-state index >= 15 is 0 Å². The molecule has 0 fully saturated rings. The molecule has 226 valence electrons. The summed E-state index contributed by atoms with van der Waals surface area (Å²) in [7, 11) is 0. The molecule has 0 saturated heterocycles. The Hall–Kier alpha value is -5.62. The number of nitriles is 1. The third-order valence-corrected chi connectivity index (χ3v) is 7.76. The smallest absolute Gasteiger partial charge is 0.271 e. The molecule has 6 rings (SSSR count). The van der Waals surface area contributed by atoms with Crippen LogP contribution in [0.3, 0.4) is 0 Å². The number of amides is 2. The van der Waals surface area contributed by atoms with Crippen LogP contribution in [0, 0.1) is 17.2 Å². The second-order valence-corrected chi connectivity index (χ2v) is 11.3. The van der Waals surface area contributed by atoms with E-state index in [9.17, 15) is 14.9 Å². The van der Waals surface area contributed by atoms with Crippen LogP contribution in [0.1, 0.15) is 38.3 Å². The Bertz CT molecular complexity index is 1860. The first-order valence-corrected chi connectivity index (χ1v) is 14.8. The molecule has 0 unspecified atom stereocenters. The van der Waals surface area contributed by atoms with Gasteiger partial charge in [-0.05, 0) is 85.0 Å². The van der Waals surface area contributed by atoms with Gasteiger partial charge in [-0.1, -0.05) is 38.1 Å². The molecule has 45 heavy (non-hydrogen) atoms. The van der Waals surface area contributed by atoms with E-state index < -0.39 is 11.8 Å². The Labute approximate surface area is 261 Å². The minimum atomic E-state index is -0.636. The van der Waals surface area contributed by atoms with Crippen molar-refractivity contribution < 1.29 is 23.8 Å². The SMILES string of the molecule is CC1=C(C#N)C(=O)N(Cc2ccc3c(c2)OCO3)C(=O)/C1=C/c1cn(-c2ccccc2)nc1-c1ccc(OCCC(C)C)cc1. The molecule has 9 nitrogen and oxygen atoms in total. The van der Waals surface area contributed by atoms with Gasteiger partial charge in [0, 0.05) is 22.9 Å². The lowest BCUT2D eigenvalue weighted by atomic mass is 9.93. The highest BCUT2D eigenvalue weighted by atomic mass is 16.7. The maximum Gasteiger partial charge on any atom is 0.271 e. The Morgan fingerprint density at radius 2 is 1.76 bits per heavy atom. The largest absolute Gasteiger partial charge is 0.494 e. The van der Waals surface area contributed by atoms with Crippen molar-refractivity contribution in [3.63, 3.8) is 0 Å². The normalized spacial score (nSPS) is 15.3.